The van der Waals surface area contributed by atoms with Crippen LogP contribution in [-0.2, 0) is 11.2 Å². The smallest absolute Gasteiger partial charge is 0.258 e. The van der Waals surface area contributed by atoms with E-state index in [0.29, 0.717) is 36.1 Å². The molecule has 0 spiro atoms. The second-order valence-electron chi connectivity index (χ2n) is 14.1. The summed E-state index contributed by atoms with van der Waals surface area (Å²) in [6, 6.07) is 19.9. The fourth-order valence-electron chi connectivity index (χ4n) is 7.41. The van der Waals surface area contributed by atoms with Crippen LogP contribution in [0.5, 0.6) is 0 Å². The number of aryl methyl sites for hydroxylation is 1. The average molecular weight is 799 g/mol. The third-order valence-electron chi connectivity index (χ3n) is 10.5. The summed E-state index contributed by atoms with van der Waals surface area (Å²) in [7, 11) is 2.12. The molecule has 2 aromatic heterocycles. The first-order valence-electron chi connectivity index (χ1n) is 18.3. The lowest BCUT2D eigenvalue weighted by molar-refractivity contribution is -0.128. The molecule has 14 heteroatoms. The number of carbonyl (C=O) groups is 3. The highest BCUT2D eigenvalue weighted by Gasteiger charge is 2.41. The number of fused-ring (bicyclic) bond motifs is 1. The molecule has 1 saturated carbocycles. The molecule has 1 saturated heterocycles. The molecule has 2 fully saturated rings. The second kappa shape index (κ2) is 16.4. The molecule has 284 valence electrons. The molecule has 3 aromatic carbocycles. The molecule has 1 aliphatic heterocycles. The van der Waals surface area contributed by atoms with E-state index in [1.54, 1.807) is 47.7 Å². The zero-order valence-electron chi connectivity index (χ0n) is 30.6. The number of piperazine rings is 1. The Hall–Kier alpha value is -4.93. The first kappa shape index (κ1) is 38.3. The number of amides is 3. The summed E-state index contributed by atoms with van der Waals surface area (Å²) >= 11 is 14.3. The summed E-state index contributed by atoms with van der Waals surface area (Å²) < 4.78 is 6.33. The second-order valence-corrected chi connectivity index (χ2v) is 16.0. The summed E-state index contributed by atoms with van der Waals surface area (Å²) in [6.45, 7) is 5.39. The molecule has 0 atom stereocenters. The third kappa shape index (κ3) is 8.07. The standard InChI is InChI=1S/C41H41Cl2N7O4S/c1-25-29(28-8-6-11-32(36(28)54-25)46-38(52)34-30(42)9-7-10-31(34)43)24-33-35(47-40(55-33)50-22-20-49(2)21-23-50)26-12-14-27(15-13-26)37(51)48-41(16-4-3-5-17-41)39(53)45-19-18-44/h6-15H,3-5,16-17,19-24H2,1-2H3,(H,45,53)(H,46,52)(H,48,51). The minimum atomic E-state index is -1.04. The van der Waals surface area contributed by atoms with Gasteiger partial charge in [0.05, 0.1) is 33.1 Å². The van der Waals surface area contributed by atoms with E-state index in [-0.39, 0.29) is 34.0 Å². The molecule has 11 nitrogen and oxygen atoms in total. The molecule has 3 N–H and O–H groups in total. The number of hydrogen-bond acceptors (Lipinski definition) is 9. The summed E-state index contributed by atoms with van der Waals surface area (Å²) in [5, 5.41) is 19.9. The predicted molar refractivity (Wildman–Crippen MR) is 217 cm³/mol. The van der Waals surface area contributed by atoms with E-state index in [2.05, 4.69) is 32.8 Å². The van der Waals surface area contributed by atoms with Gasteiger partial charge in [-0.3, -0.25) is 14.4 Å². The van der Waals surface area contributed by atoms with Crippen LogP contribution in [0, 0.1) is 18.3 Å². The number of nitrogens with zero attached hydrogens (tertiary/aromatic N) is 4. The van der Waals surface area contributed by atoms with E-state index in [4.69, 9.17) is 37.9 Å². The van der Waals surface area contributed by atoms with Crippen molar-refractivity contribution in [2.24, 2.45) is 0 Å². The van der Waals surface area contributed by atoms with E-state index in [1.807, 2.05) is 37.3 Å². The minimum absolute atomic E-state index is 0.109. The van der Waals surface area contributed by atoms with Gasteiger partial charge < -0.3 is 30.2 Å². The number of halogens is 2. The van der Waals surface area contributed by atoms with Crippen molar-refractivity contribution in [3.63, 3.8) is 0 Å². The van der Waals surface area contributed by atoms with Gasteiger partial charge in [-0.15, -0.1) is 11.3 Å². The van der Waals surface area contributed by atoms with Crippen LogP contribution in [0.4, 0.5) is 10.8 Å². The van der Waals surface area contributed by atoms with Crippen molar-refractivity contribution in [3.8, 4) is 17.3 Å². The zero-order chi connectivity index (χ0) is 38.7. The van der Waals surface area contributed by atoms with Gasteiger partial charge in [-0.25, -0.2) is 4.98 Å². The van der Waals surface area contributed by atoms with Gasteiger partial charge >= 0.3 is 0 Å². The number of anilines is 2. The first-order chi connectivity index (χ1) is 26.6. The monoisotopic (exact) mass is 797 g/mol. The maximum Gasteiger partial charge on any atom is 0.258 e. The highest BCUT2D eigenvalue weighted by molar-refractivity contribution is 7.16. The molecule has 3 heterocycles. The summed E-state index contributed by atoms with van der Waals surface area (Å²) in [4.78, 5) is 50.9. The van der Waals surface area contributed by atoms with Crippen molar-refractivity contribution in [1.82, 2.24) is 20.5 Å². The number of aromatic nitrogens is 1. The minimum Gasteiger partial charge on any atom is -0.459 e. The molecule has 0 bridgehead atoms. The largest absolute Gasteiger partial charge is 0.459 e. The van der Waals surface area contributed by atoms with Crippen LogP contribution in [-0.4, -0.2) is 72.9 Å². The van der Waals surface area contributed by atoms with Gasteiger partial charge in [-0.2, -0.15) is 5.26 Å². The predicted octanol–water partition coefficient (Wildman–Crippen LogP) is 7.84. The van der Waals surface area contributed by atoms with E-state index < -0.39 is 11.4 Å². The molecular weight excluding hydrogens is 757 g/mol. The van der Waals surface area contributed by atoms with Gasteiger partial charge in [-0.1, -0.05) is 72.8 Å². The molecule has 55 heavy (non-hydrogen) atoms. The lowest BCUT2D eigenvalue weighted by atomic mass is 9.80. The van der Waals surface area contributed by atoms with Crippen molar-refractivity contribution in [3.05, 3.63) is 98.0 Å². The molecule has 0 radical (unpaired) electrons. The van der Waals surface area contributed by atoms with Gasteiger partial charge in [0.1, 0.15) is 17.8 Å². The number of carbonyl (C=O) groups excluding carboxylic acids is 3. The van der Waals surface area contributed by atoms with Gasteiger partial charge in [0.15, 0.2) is 10.7 Å². The highest BCUT2D eigenvalue weighted by atomic mass is 35.5. The number of nitriles is 1. The van der Waals surface area contributed by atoms with Crippen molar-refractivity contribution in [1.29, 1.82) is 5.26 Å². The van der Waals surface area contributed by atoms with Gasteiger partial charge in [0.25, 0.3) is 11.8 Å². The van der Waals surface area contributed by atoms with Crippen LogP contribution in [0.3, 0.4) is 0 Å². The number of benzene rings is 3. The highest BCUT2D eigenvalue weighted by Crippen LogP contribution is 2.40. The molecular formula is C41H41Cl2N7O4S. The number of nitrogens with one attached hydrogen (secondary N) is 3. The van der Waals surface area contributed by atoms with Crippen LogP contribution in [0.1, 0.15) is 69.0 Å². The van der Waals surface area contributed by atoms with Crippen molar-refractivity contribution >= 4 is 74.0 Å². The Morgan fingerprint density at radius 1 is 0.945 bits per heavy atom. The average Bonchev–Trinajstić information content (AvgIpc) is 3.75. The van der Waals surface area contributed by atoms with Crippen LogP contribution in [0.25, 0.3) is 22.2 Å². The molecule has 7 rings (SSSR count). The molecule has 2 aliphatic rings. The van der Waals surface area contributed by atoms with Crippen molar-refractivity contribution < 1.29 is 18.8 Å². The summed E-state index contributed by atoms with van der Waals surface area (Å²) in [5.41, 5.74) is 3.28. The van der Waals surface area contributed by atoms with Gasteiger partial charge in [0, 0.05) is 59.6 Å². The number of rotatable bonds is 10. The van der Waals surface area contributed by atoms with E-state index >= 15 is 0 Å². The number of furan rings is 1. The lowest BCUT2D eigenvalue weighted by Gasteiger charge is -2.36. The Morgan fingerprint density at radius 2 is 1.64 bits per heavy atom. The van der Waals surface area contributed by atoms with E-state index in [9.17, 15) is 14.4 Å². The maximum atomic E-state index is 13.6. The lowest BCUT2D eigenvalue weighted by Crippen LogP contribution is -2.59. The zero-order valence-corrected chi connectivity index (χ0v) is 33.0. The fourth-order valence-corrected chi connectivity index (χ4v) is 9.12. The first-order valence-corrected chi connectivity index (χ1v) is 19.9. The number of thiazole rings is 1. The van der Waals surface area contributed by atoms with Crippen LogP contribution in [0.15, 0.2) is 65.1 Å². The molecule has 5 aromatic rings. The van der Waals surface area contributed by atoms with Crippen LogP contribution < -0.4 is 20.9 Å². The normalized spacial score (nSPS) is 15.7. The van der Waals surface area contributed by atoms with Gasteiger partial charge in [-0.05, 0) is 57.1 Å². The quantitative estimate of drug-likeness (QED) is 0.121. The number of likely N-dealkylation sites (N-methyl/N-ethyl adjacent to an activating group) is 1. The molecule has 0 unspecified atom stereocenters. The van der Waals surface area contributed by atoms with Crippen LogP contribution in [0.2, 0.25) is 10.0 Å². The van der Waals surface area contributed by atoms with E-state index in [0.717, 1.165) is 83.4 Å². The Kier molecular flexibility index (Phi) is 11.5. The Balaban J connectivity index is 1.18. The summed E-state index contributed by atoms with van der Waals surface area (Å²) in [5.74, 6) is -0.370. The molecule has 1 aliphatic carbocycles. The van der Waals surface area contributed by atoms with Crippen molar-refractivity contribution in [2.75, 3.05) is 50.0 Å². The van der Waals surface area contributed by atoms with Gasteiger partial charge in [0.2, 0.25) is 5.91 Å². The number of hydrogen-bond donors (Lipinski definition) is 3. The SMILES string of the molecule is Cc1oc2c(NC(=O)c3c(Cl)cccc3Cl)cccc2c1Cc1sc(N2CCN(C)CC2)nc1-c1ccc(C(=O)NC2(C(=O)NCC#N)CCCCC2)cc1. The summed E-state index contributed by atoms with van der Waals surface area (Å²) in [6.07, 6.45) is 4.21. The Labute approximate surface area is 333 Å². The third-order valence-corrected chi connectivity index (χ3v) is 12.2. The Morgan fingerprint density at radius 3 is 2.33 bits per heavy atom. The number of para-hydroxylation sites is 1. The topological polar surface area (TPSA) is 144 Å². The Bertz CT molecular complexity index is 2260. The van der Waals surface area contributed by atoms with Crippen LogP contribution >= 0.6 is 34.5 Å². The fraction of sp³-hybridized carbons (Fsp3) is 0.341. The van der Waals surface area contributed by atoms with E-state index in [1.165, 1.54) is 0 Å². The van der Waals surface area contributed by atoms with Crippen molar-refractivity contribution in [2.45, 2.75) is 51.0 Å². The molecule has 3 amide bonds. The maximum absolute atomic E-state index is 13.6.